The molecule has 82 valence electrons. The molecule has 0 spiro atoms. The summed E-state index contributed by atoms with van der Waals surface area (Å²) in [6, 6.07) is 7.76. The van der Waals surface area contributed by atoms with Gasteiger partial charge in [0.05, 0.1) is 13.2 Å². The zero-order valence-corrected chi connectivity index (χ0v) is 10.4. The van der Waals surface area contributed by atoms with Gasteiger partial charge in [0.1, 0.15) is 12.4 Å². The van der Waals surface area contributed by atoms with Crippen molar-refractivity contribution in [2.24, 2.45) is 0 Å². The first-order valence-electron chi connectivity index (χ1n) is 4.90. The summed E-state index contributed by atoms with van der Waals surface area (Å²) in [5.74, 6) is 0.868. The number of hydrogen-bond acceptors (Lipinski definition) is 2. The van der Waals surface area contributed by atoms with Crippen LogP contribution < -0.4 is 4.74 Å². The van der Waals surface area contributed by atoms with Crippen LogP contribution in [-0.4, -0.2) is 19.8 Å². The number of halogens is 1. The lowest BCUT2D eigenvalue weighted by atomic mass is 10.3. The average Bonchev–Trinajstić information content (AvgIpc) is 2.26. The van der Waals surface area contributed by atoms with Gasteiger partial charge in [-0.25, -0.2) is 0 Å². The summed E-state index contributed by atoms with van der Waals surface area (Å²) < 4.78 is 11.8. The van der Waals surface area contributed by atoms with Crippen LogP contribution in [0.25, 0.3) is 0 Å². The highest BCUT2D eigenvalue weighted by molar-refractivity contribution is 9.10. The summed E-state index contributed by atoms with van der Waals surface area (Å²) in [6.07, 6.45) is 3.94. The molecule has 0 saturated heterocycles. The van der Waals surface area contributed by atoms with Crippen LogP contribution in [0.4, 0.5) is 0 Å². The summed E-state index contributed by atoms with van der Waals surface area (Å²) >= 11 is 3.37. The second kappa shape index (κ2) is 7.49. The predicted molar refractivity (Wildman–Crippen MR) is 65.3 cm³/mol. The van der Waals surface area contributed by atoms with E-state index >= 15 is 0 Å². The van der Waals surface area contributed by atoms with Crippen molar-refractivity contribution in [1.82, 2.24) is 0 Å². The van der Waals surface area contributed by atoms with Crippen molar-refractivity contribution in [3.63, 3.8) is 0 Å². The van der Waals surface area contributed by atoms with Crippen LogP contribution >= 0.6 is 15.9 Å². The Labute approximate surface area is 99.0 Å². The molecule has 0 atom stereocenters. The Morgan fingerprint density at radius 2 is 1.93 bits per heavy atom. The molecule has 1 rings (SSSR count). The number of benzene rings is 1. The van der Waals surface area contributed by atoms with Gasteiger partial charge in [0.25, 0.3) is 0 Å². The third-order valence-corrected chi connectivity index (χ3v) is 2.29. The minimum absolute atomic E-state index is 0.583. The number of hydrogen-bond donors (Lipinski definition) is 0. The van der Waals surface area contributed by atoms with Crippen LogP contribution in [0.15, 0.2) is 40.9 Å². The van der Waals surface area contributed by atoms with Crippen LogP contribution in [0, 0.1) is 0 Å². The first-order chi connectivity index (χ1) is 7.33. The van der Waals surface area contributed by atoms with Gasteiger partial charge in [-0.1, -0.05) is 28.1 Å². The van der Waals surface area contributed by atoms with Crippen molar-refractivity contribution >= 4 is 15.9 Å². The molecular weight excluding hydrogens is 256 g/mol. The molecule has 0 radical (unpaired) electrons. The van der Waals surface area contributed by atoms with Crippen molar-refractivity contribution in [1.29, 1.82) is 0 Å². The minimum atomic E-state index is 0.583. The zero-order chi connectivity index (χ0) is 10.9. The van der Waals surface area contributed by atoms with E-state index < -0.39 is 0 Å². The standard InChI is InChI=1S/C12H15BrO2/c1-2-3-8-14-9-10-15-12-6-4-11(13)5-7-12/h2-7H,8-10H2,1H3. The first kappa shape index (κ1) is 12.3. The van der Waals surface area contributed by atoms with Gasteiger partial charge < -0.3 is 9.47 Å². The fourth-order valence-corrected chi connectivity index (χ4v) is 1.26. The van der Waals surface area contributed by atoms with Crippen LogP contribution in [0.3, 0.4) is 0 Å². The van der Waals surface area contributed by atoms with Crippen molar-refractivity contribution in [3.8, 4) is 5.75 Å². The highest BCUT2D eigenvalue weighted by Gasteiger charge is 1.92. The van der Waals surface area contributed by atoms with Crippen LogP contribution in [0.2, 0.25) is 0 Å². The third-order valence-electron chi connectivity index (χ3n) is 1.76. The molecule has 1 aromatic carbocycles. The van der Waals surface area contributed by atoms with E-state index in [4.69, 9.17) is 9.47 Å². The summed E-state index contributed by atoms with van der Waals surface area (Å²) in [5, 5.41) is 0. The second-order valence-electron chi connectivity index (χ2n) is 2.95. The maximum Gasteiger partial charge on any atom is 0.119 e. The molecule has 0 fully saturated rings. The van der Waals surface area contributed by atoms with E-state index in [1.54, 1.807) is 0 Å². The minimum Gasteiger partial charge on any atom is -0.491 e. The lowest BCUT2D eigenvalue weighted by molar-refractivity contribution is 0.121. The molecule has 0 aliphatic carbocycles. The molecular formula is C12H15BrO2. The molecule has 0 N–H and O–H groups in total. The number of ether oxygens (including phenoxy) is 2. The maximum absolute atomic E-state index is 5.47. The molecule has 15 heavy (non-hydrogen) atoms. The highest BCUT2D eigenvalue weighted by Crippen LogP contribution is 2.15. The molecule has 0 aliphatic rings. The topological polar surface area (TPSA) is 18.5 Å². The van der Waals surface area contributed by atoms with Gasteiger partial charge in [0, 0.05) is 4.47 Å². The number of allylic oxidation sites excluding steroid dienone is 1. The molecule has 0 amide bonds. The van der Waals surface area contributed by atoms with Crippen molar-refractivity contribution in [2.75, 3.05) is 19.8 Å². The normalized spacial score (nSPS) is 10.8. The first-order valence-corrected chi connectivity index (χ1v) is 5.69. The quantitative estimate of drug-likeness (QED) is 0.583. The largest absolute Gasteiger partial charge is 0.491 e. The van der Waals surface area contributed by atoms with E-state index in [9.17, 15) is 0 Å². The van der Waals surface area contributed by atoms with Gasteiger partial charge in [-0.05, 0) is 31.2 Å². The summed E-state index contributed by atoms with van der Waals surface area (Å²) in [7, 11) is 0. The smallest absolute Gasteiger partial charge is 0.119 e. The molecule has 1 aromatic rings. The van der Waals surface area contributed by atoms with E-state index in [1.807, 2.05) is 43.3 Å². The van der Waals surface area contributed by atoms with E-state index in [0.717, 1.165) is 10.2 Å². The third kappa shape index (κ3) is 5.60. The van der Waals surface area contributed by atoms with Gasteiger partial charge in [0.15, 0.2) is 0 Å². The zero-order valence-electron chi connectivity index (χ0n) is 8.78. The van der Waals surface area contributed by atoms with Crippen LogP contribution in [0.1, 0.15) is 6.92 Å². The Balaban J connectivity index is 2.12. The van der Waals surface area contributed by atoms with Crippen LogP contribution in [-0.2, 0) is 4.74 Å². The summed E-state index contributed by atoms with van der Waals surface area (Å²) in [4.78, 5) is 0. The highest BCUT2D eigenvalue weighted by atomic mass is 79.9. The van der Waals surface area contributed by atoms with Gasteiger partial charge in [-0.3, -0.25) is 0 Å². The lowest BCUT2D eigenvalue weighted by Gasteiger charge is -2.05. The summed E-state index contributed by atoms with van der Waals surface area (Å²) in [6.45, 7) is 3.82. The fraction of sp³-hybridized carbons (Fsp3) is 0.333. The van der Waals surface area contributed by atoms with Gasteiger partial charge in [-0.2, -0.15) is 0 Å². The Morgan fingerprint density at radius 1 is 1.20 bits per heavy atom. The Bertz CT molecular complexity index is 293. The summed E-state index contributed by atoms with van der Waals surface area (Å²) in [5.41, 5.74) is 0. The predicted octanol–water partition coefficient (Wildman–Crippen LogP) is 3.42. The fourth-order valence-electron chi connectivity index (χ4n) is 0.997. The molecule has 0 saturated carbocycles. The molecule has 0 heterocycles. The Morgan fingerprint density at radius 3 is 2.60 bits per heavy atom. The monoisotopic (exact) mass is 270 g/mol. The lowest BCUT2D eigenvalue weighted by Crippen LogP contribution is -2.06. The molecule has 0 aromatic heterocycles. The van der Waals surface area contributed by atoms with Gasteiger partial charge in [-0.15, -0.1) is 0 Å². The molecule has 0 aliphatic heterocycles. The van der Waals surface area contributed by atoms with Crippen molar-refractivity contribution < 1.29 is 9.47 Å². The maximum atomic E-state index is 5.47. The van der Waals surface area contributed by atoms with E-state index in [1.165, 1.54) is 0 Å². The van der Waals surface area contributed by atoms with Crippen molar-refractivity contribution in [2.45, 2.75) is 6.92 Å². The van der Waals surface area contributed by atoms with E-state index in [-0.39, 0.29) is 0 Å². The number of rotatable bonds is 6. The molecule has 2 nitrogen and oxygen atoms in total. The van der Waals surface area contributed by atoms with Gasteiger partial charge in [0.2, 0.25) is 0 Å². The SMILES string of the molecule is CC=CCOCCOc1ccc(Br)cc1. The van der Waals surface area contributed by atoms with Crippen LogP contribution in [0.5, 0.6) is 5.75 Å². The van der Waals surface area contributed by atoms with Crippen molar-refractivity contribution in [3.05, 3.63) is 40.9 Å². The second-order valence-corrected chi connectivity index (χ2v) is 3.86. The Kier molecular flexibility index (Phi) is 6.12. The molecule has 3 heteroatoms. The van der Waals surface area contributed by atoms with E-state index in [0.29, 0.717) is 19.8 Å². The van der Waals surface area contributed by atoms with Gasteiger partial charge >= 0.3 is 0 Å². The molecule has 0 bridgehead atoms. The molecule has 0 unspecified atom stereocenters. The van der Waals surface area contributed by atoms with E-state index in [2.05, 4.69) is 15.9 Å². The Hall–Kier alpha value is -0.800. The average molecular weight is 271 g/mol.